The van der Waals surface area contributed by atoms with Gasteiger partial charge in [0.1, 0.15) is 11.6 Å². The van der Waals surface area contributed by atoms with Gasteiger partial charge < -0.3 is 5.11 Å². The first-order valence-corrected chi connectivity index (χ1v) is 9.09. The first kappa shape index (κ1) is 17.3. The number of halogens is 2. The van der Waals surface area contributed by atoms with Gasteiger partial charge in [-0.25, -0.2) is 21.9 Å². The van der Waals surface area contributed by atoms with E-state index in [1.54, 1.807) is 0 Å². The second-order valence-corrected chi connectivity index (χ2v) is 7.76. The van der Waals surface area contributed by atoms with Gasteiger partial charge in [-0.1, -0.05) is 31.7 Å². The Morgan fingerprint density at radius 1 is 1.14 bits per heavy atom. The minimum absolute atomic E-state index is 0.0713. The molecule has 0 aromatic heterocycles. The van der Waals surface area contributed by atoms with Crippen molar-refractivity contribution in [3.8, 4) is 0 Å². The molecule has 0 heterocycles. The van der Waals surface area contributed by atoms with Crippen molar-refractivity contribution in [3.63, 3.8) is 0 Å². The monoisotopic (exact) mass is 333 g/mol. The van der Waals surface area contributed by atoms with E-state index in [0.717, 1.165) is 37.8 Å². The van der Waals surface area contributed by atoms with E-state index in [1.807, 2.05) is 0 Å². The lowest BCUT2D eigenvalue weighted by atomic mass is 9.95. The fraction of sp³-hybridized carbons (Fsp3) is 0.600. The fourth-order valence-corrected chi connectivity index (χ4v) is 3.94. The molecule has 2 rings (SSSR count). The highest BCUT2D eigenvalue weighted by Crippen LogP contribution is 2.26. The molecule has 0 atom stereocenters. The van der Waals surface area contributed by atoms with E-state index >= 15 is 0 Å². The first-order valence-electron chi connectivity index (χ1n) is 7.43. The number of rotatable bonds is 5. The highest BCUT2D eigenvalue weighted by Gasteiger charge is 2.29. The minimum Gasteiger partial charge on any atom is -0.389 e. The highest BCUT2D eigenvalue weighted by atomic mass is 32.2. The van der Waals surface area contributed by atoms with Crippen LogP contribution in [0, 0.1) is 11.6 Å². The zero-order valence-electron chi connectivity index (χ0n) is 12.3. The maximum absolute atomic E-state index is 13.5. The highest BCUT2D eigenvalue weighted by molar-refractivity contribution is 7.88. The topological polar surface area (TPSA) is 66.4 Å². The Kier molecular flexibility index (Phi) is 5.52. The van der Waals surface area contributed by atoms with Crippen molar-refractivity contribution in [2.75, 3.05) is 6.54 Å². The zero-order valence-corrected chi connectivity index (χ0v) is 13.1. The van der Waals surface area contributed by atoms with Crippen molar-refractivity contribution in [2.45, 2.75) is 49.9 Å². The van der Waals surface area contributed by atoms with Gasteiger partial charge in [-0.15, -0.1) is 0 Å². The molecule has 0 aliphatic heterocycles. The van der Waals surface area contributed by atoms with E-state index < -0.39 is 33.0 Å². The molecule has 22 heavy (non-hydrogen) atoms. The fourth-order valence-electron chi connectivity index (χ4n) is 2.70. The molecule has 0 saturated heterocycles. The minimum atomic E-state index is -3.79. The Balaban J connectivity index is 1.98. The number of nitrogens with one attached hydrogen (secondary N) is 1. The van der Waals surface area contributed by atoms with Crippen LogP contribution in [0.5, 0.6) is 0 Å². The Morgan fingerprint density at radius 3 is 2.36 bits per heavy atom. The first-order chi connectivity index (χ1) is 10.3. The van der Waals surface area contributed by atoms with Crippen molar-refractivity contribution in [1.29, 1.82) is 0 Å². The van der Waals surface area contributed by atoms with Crippen molar-refractivity contribution in [2.24, 2.45) is 0 Å². The third-order valence-corrected chi connectivity index (χ3v) is 5.29. The average molecular weight is 333 g/mol. The van der Waals surface area contributed by atoms with Gasteiger partial charge >= 0.3 is 0 Å². The van der Waals surface area contributed by atoms with E-state index in [2.05, 4.69) is 4.72 Å². The third-order valence-electron chi connectivity index (χ3n) is 4.02. The summed E-state index contributed by atoms with van der Waals surface area (Å²) in [5.74, 6) is -2.22. The second-order valence-electron chi connectivity index (χ2n) is 5.95. The van der Waals surface area contributed by atoms with E-state index in [0.29, 0.717) is 18.9 Å². The number of hydrogen-bond acceptors (Lipinski definition) is 3. The Labute approximate surface area is 129 Å². The van der Waals surface area contributed by atoms with Crippen LogP contribution in [-0.4, -0.2) is 25.7 Å². The van der Waals surface area contributed by atoms with Crippen molar-refractivity contribution in [1.82, 2.24) is 4.72 Å². The van der Waals surface area contributed by atoms with Gasteiger partial charge in [0.05, 0.1) is 11.4 Å². The molecule has 1 aliphatic carbocycles. The summed E-state index contributed by atoms with van der Waals surface area (Å²) in [5.41, 5.74) is -1.13. The van der Waals surface area contributed by atoms with E-state index in [1.165, 1.54) is 0 Å². The molecule has 0 amide bonds. The summed E-state index contributed by atoms with van der Waals surface area (Å²) in [4.78, 5) is 0. The third kappa shape index (κ3) is 5.00. The average Bonchev–Trinajstić information content (AvgIpc) is 2.66. The van der Waals surface area contributed by atoms with Crippen LogP contribution in [-0.2, 0) is 15.8 Å². The molecule has 4 nitrogen and oxygen atoms in total. The molecule has 0 unspecified atom stereocenters. The number of sulfonamides is 1. The molecule has 0 radical (unpaired) electrons. The van der Waals surface area contributed by atoms with E-state index in [-0.39, 0.29) is 12.1 Å². The smallest absolute Gasteiger partial charge is 0.215 e. The van der Waals surface area contributed by atoms with Gasteiger partial charge in [0, 0.05) is 18.2 Å². The summed E-state index contributed by atoms with van der Waals surface area (Å²) in [6.45, 7) is -0.0713. The van der Waals surface area contributed by atoms with Crippen LogP contribution in [0.3, 0.4) is 0 Å². The molecular formula is C15H21F2NO3S. The predicted octanol–water partition coefficient (Wildman–Crippen LogP) is 2.47. The molecular weight excluding hydrogens is 312 g/mol. The predicted molar refractivity (Wildman–Crippen MR) is 79.6 cm³/mol. The molecule has 1 saturated carbocycles. The van der Waals surface area contributed by atoms with Gasteiger partial charge in [-0.3, -0.25) is 0 Å². The maximum atomic E-state index is 13.5. The summed E-state index contributed by atoms with van der Waals surface area (Å²) in [6.07, 6.45) is 4.92. The molecule has 0 spiro atoms. The van der Waals surface area contributed by atoms with E-state index in [4.69, 9.17) is 0 Å². The van der Waals surface area contributed by atoms with Crippen molar-refractivity contribution < 1.29 is 22.3 Å². The lowest BCUT2D eigenvalue weighted by Gasteiger charge is -2.26. The summed E-state index contributed by atoms with van der Waals surface area (Å²) in [6, 6.07) is 2.79. The van der Waals surface area contributed by atoms with Crippen LogP contribution in [0.2, 0.25) is 0 Å². The zero-order chi connectivity index (χ0) is 16.2. The quantitative estimate of drug-likeness (QED) is 0.814. The molecule has 1 fully saturated rings. The molecule has 124 valence electrons. The standard InChI is InChI=1S/C15H21F2NO3S/c16-13-6-5-12(14(17)9-13)10-22(20,21)18-11-15(19)7-3-1-2-4-8-15/h5-6,9,18-19H,1-4,7-8,10-11H2. The number of hydrogen-bond donors (Lipinski definition) is 2. The molecule has 0 bridgehead atoms. The summed E-state index contributed by atoms with van der Waals surface area (Å²) in [5, 5.41) is 10.4. The molecule has 1 aliphatic rings. The van der Waals surface area contributed by atoms with Gasteiger partial charge in [0.2, 0.25) is 10.0 Å². The number of benzene rings is 1. The SMILES string of the molecule is O=S(=O)(Cc1ccc(F)cc1F)NCC1(O)CCCCCC1. The van der Waals surface area contributed by atoms with Crippen LogP contribution in [0.4, 0.5) is 8.78 Å². The lowest BCUT2D eigenvalue weighted by Crippen LogP contribution is -2.42. The number of aliphatic hydroxyl groups is 1. The van der Waals surface area contributed by atoms with Crippen molar-refractivity contribution >= 4 is 10.0 Å². The van der Waals surface area contributed by atoms with Gasteiger partial charge in [0.25, 0.3) is 0 Å². The Hall–Kier alpha value is -1.05. The Bertz CT molecular complexity index is 611. The van der Waals surface area contributed by atoms with Crippen LogP contribution in [0.1, 0.15) is 44.1 Å². The van der Waals surface area contributed by atoms with Gasteiger partial charge in [-0.05, 0) is 18.9 Å². The summed E-state index contributed by atoms with van der Waals surface area (Å²) >= 11 is 0. The lowest BCUT2D eigenvalue weighted by molar-refractivity contribution is 0.0303. The van der Waals surface area contributed by atoms with Crippen LogP contribution in [0.15, 0.2) is 18.2 Å². The summed E-state index contributed by atoms with van der Waals surface area (Å²) in [7, 11) is -3.79. The maximum Gasteiger partial charge on any atom is 0.215 e. The molecule has 1 aromatic carbocycles. The summed E-state index contributed by atoms with van der Waals surface area (Å²) < 4.78 is 52.7. The van der Waals surface area contributed by atoms with E-state index in [9.17, 15) is 22.3 Å². The molecule has 1 aromatic rings. The van der Waals surface area contributed by atoms with Crippen LogP contribution in [0.25, 0.3) is 0 Å². The van der Waals surface area contributed by atoms with Gasteiger partial charge in [0.15, 0.2) is 0 Å². The molecule has 2 N–H and O–H groups in total. The van der Waals surface area contributed by atoms with Gasteiger partial charge in [-0.2, -0.15) is 0 Å². The Morgan fingerprint density at radius 2 is 1.77 bits per heavy atom. The van der Waals surface area contributed by atoms with Crippen LogP contribution < -0.4 is 4.72 Å². The normalized spacial score (nSPS) is 18.9. The van der Waals surface area contributed by atoms with Crippen LogP contribution >= 0.6 is 0 Å². The molecule has 7 heteroatoms. The second kappa shape index (κ2) is 7.02. The van der Waals surface area contributed by atoms with Crippen molar-refractivity contribution in [3.05, 3.63) is 35.4 Å². The largest absolute Gasteiger partial charge is 0.389 e.